The molecule has 3 nitrogen and oxygen atoms in total. The first-order valence-corrected chi connectivity index (χ1v) is 4.28. The molecule has 0 bridgehead atoms. The fraction of sp³-hybridized carbons (Fsp3) is 0.111. The Morgan fingerprint density at radius 2 is 2.21 bits per heavy atom. The first-order chi connectivity index (χ1) is 6.50. The number of rotatable bonds is 2. The minimum absolute atomic E-state index is 0.0327. The molecule has 0 unspecified atom stereocenters. The van der Waals surface area contributed by atoms with Gasteiger partial charge in [-0.3, -0.25) is 4.79 Å². The molecule has 5 heteroatoms. The zero-order valence-corrected chi connectivity index (χ0v) is 8.32. The molecule has 0 aromatic heterocycles. The van der Waals surface area contributed by atoms with E-state index in [1.807, 2.05) is 0 Å². The van der Waals surface area contributed by atoms with E-state index in [4.69, 9.17) is 5.73 Å². The van der Waals surface area contributed by atoms with Crippen LogP contribution in [-0.2, 0) is 4.79 Å². The first kappa shape index (κ1) is 10.6. The number of hydrogen-bond acceptors (Lipinski definition) is 2. The number of benzene rings is 1. The van der Waals surface area contributed by atoms with Gasteiger partial charge in [0.15, 0.2) is 0 Å². The van der Waals surface area contributed by atoms with Gasteiger partial charge < -0.3 is 11.1 Å². The number of hydrogen-bond donors (Lipinski definition) is 2. The van der Waals surface area contributed by atoms with Crippen LogP contribution in [0.4, 0.5) is 10.1 Å². The highest BCUT2D eigenvalue weighted by molar-refractivity contribution is 7.80. The molecule has 0 saturated carbocycles. The van der Waals surface area contributed by atoms with Crippen LogP contribution in [0.15, 0.2) is 18.2 Å². The molecule has 0 heterocycles. The van der Waals surface area contributed by atoms with E-state index in [2.05, 4.69) is 17.5 Å². The molecule has 1 aromatic rings. The average molecular weight is 212 g/mol. The summed E-state index contributed by atoms with van der Waals surface area (Å²) in [5.41, 5.74) is 5.90. The maximum absolute atomic E-state index is 13.1. The molecular weight excluding hydrogens is 203 g/mol. The molecule has 3 N–H and O–H groups in total. The lowest BCUT2D eigenvalue weighted by Crippen LogP contribution is -2.13. The molecule has 0 aliphatic heterocycles. The van der Waals surface area contributed by atoms with Crippen molar-refractivity contribution in [2.75, 3.05) is 5.32 Å². The molecule has 14 heavy (non-hydrogen) atoms. The van der Waals surface area contributed by atoms with Crippen molar-refractivity contribution in [3.8, 4) is 0 Å². The molecule has 1 aromatic carbocycles. The number of carbonyl (C=O) groups is 1. The topological polar surface area (TPSA) is 55.1 Å². The summed E-state index contributed by atoms with van der Waals surface area (Å²) in [6.07, 6.45) is 0. The molecule has 1 amide bonds. The van der Waals surface area contributed by atoms with E-state index in [0.717, 1.165) is 0 Å². The second kappa shape index (κ2) is 4.15. The van der Waals surface area contributed by atoms with Gasteiger partial charge >= 0.3 is 0 Å². The summed E-state index contributed by atoms with van der Waals surface area (Å²) in [7, 11) is 0. The van der Waals surface area contributed by atoms with Crippen LogP contribution in [0.3, 0.4) is 0 Å². The number of amides is 1. The van der Waals surface area contributed by atoms with Gasteiger partial charge in [0.05, 0.1) is 0 Å². The van der Waals surface area contributed by atoms with Crippen LogP contribution < -0.4 is 11.1 Å². The van der Waals surface area contributed by atoms with Crippen molar-refractivity contribution in [2.24, 2.45) is 5.73 Å². The number of halogens is 1. The smallest absolute Gasteiger partial charge is 0.221 e. The largest absolute Gasteiger partial charge is 0.389 e. The molecule has 74 valence electrons. The van der Waals surface area contributed by atoms with Gasteiger partial charge in [0, 0.05) is 18.2 Å². The highest BCUT2D eigenvalue weighted by atomic mass is 32.1. The predicted molar refractivity (Wildman–Crippen MR) is 56.6 cm³/mol. The highest BCUT2D eigenvalue weighted by Gasteiger charge is 2.06. The number of carbonyl (C=O) groups excluding carboxylic acids is 1. The van der Waals surface area contributed by atoms with Gasteiger partial charge in [-0.15, -0.1) is 0 Å². The van der Waals surface area contributed by atoms with Crippen molar-refractivity contribution in [2.45, 2.75) is 6.92 Å². The maximum Gasteiger partial charge on any atom is 0.221 e. The number of nitrogens with two attached hydrogens (primary N) is 1. The summed E-state index contributed by atoms with van der Waals surface area (Å²) in [4.78, 5) is 10.7. The van der Waals surface area contributed by atoms with Gasteiger partial charge in [0.25, 0.3) is 0 Å². The molecule has 0 spiro atoms. The van der Waals surface area contributed by atoms with Crippen molar-refractivity contribution in [1.29, 1.82) is 0 Å². The normalized spacial score (nSPS) is 9.57. The van der Waals surface area contributed by atoms with E-state index in [1.165, 1.54) is 25.1 Å². The van der Waals surface area contributed by atoms with Gasteiger partial charge in [-0.25, -0.2) is 4.39 Å². The van der Waals surface area contributed by atoms with E-state index < -0.39 is 5.82 Å². The molecule has 0 saturated heterocycles. The van der Waals surface area contributed by atoms with Crippen LogP contribution in [0.25, 0.3) is 0 Å². The minimum atomic E-state index is -0.494. The lowest BCUT2D eigenvalue weighted by molar-refractivity contribution is -0.114. The second-order valence-electron chi connectivity index (χ2n) is 2.74. The maximum atomic E-state index is 13.1. The third kappa shape index (κ3) is 2.50. The zero-order valence-electron chi connectivity index (χ0n) is 7.50. The standard InChI is InChI=1S/C9H9FN2OS/c1-5(13)12-6-2-3-8(10)7(4-6)9(11)14/h2-4H,1H3,(H2,11,14)(H,12,13). The quantitative estimate of drug-likeness (QED) is 0.729. The molecular formula is C9H9FN2OS. The second-order valence-corrected chi connectivity index (χ2v) is 3.18. The van der Waals surface area contributed by atoms with Crippen molar-refractivity contribution in [3.05, 3.63) is 29.6 Å². The van der Waals surface area contributed by atoms with Crippen molar-refractivity contribution < 1.29 is 9.18 Å². The molecule has 0 atom stereocenters. The first-order valence-electron chi connectivity index (χ1n) is 3.87. The van der Waals surface area contributed by atoms with Crippen molar-refractivity contribution >= 4 is 28.8 Å². The fourth-order valence-corrected chi connectivity index (χ4v) is 1.15. The molecule has 0 radical (unpaired) electrons. The van der Waals surface area contributed by atoms with E-state index >= 15 is 0 Å². The summed E-state index contributed by atoms with van der Waals surface area (Å²) in [6, 6.07) is 4.05. The highest BCUT2D eigenvalue weighted by Crippen LogP contribution is 2.14. The van der Waals surface area contributed by atoms with Gasteiger partial charge in [-0.2, -0.15) is 0 Å². The van der Waals surface area contributed by atoms with Crippen LogP contribution in [0.1, 0.15) is 12.5 Å². The Morgan fingerprint density at radius 3 is 2.71 bits per heavy atom. The third-order valence-electron chi connectivity index (χ3n) is 1.55. The number of anilines is 1. The van der Waals surface area contributed by atoms with Gasteiger partial charge in [-0.1, -0.05) is 12.2 Å². The van der Waals surface area contributed by atoms with Gasteiger partial charge in [-0.05, 0) is 18.2 Å². The average Bonchev–Trinajstić information content (AvgIpc) is 2.07. The van der Waals surface area contributed by atoms with Gasteiger partial charge in [0.2, 0.25) is 5.91 Å². The number of nitrogens with one attached hydrogen (secondary N) is 1. The van der Waals surface area contributed by atoms with Crippen molar-refractivity contribution in [3.63, 3.8) is 0 Å². The Labute approximate surface area is 86.1 Å². The third-order valence-corrected chi connectivity index (χ3v) is 1.77. The summed E-state index contributed by atoms with van der Waals surface area (Å²) in [5, 5.41) is 2.51. The number of thiocarbonyl (C=S) groups is 1. The lowest BCUT2D eigenvalue weighted by atomic mass is 10.2. The zero-order chi connectivity index (χ0) is 10.7. The van der Waals surface area contributed by atoms with Crippen molar-refractivity contribution in [1.82, 2.24) is 0 Å². The molecule has 0 aliphatic carbocycles. The van der Waals surface area contributed by atoms with E-state index in [-0.39, 0.29) is 16.5 Å². The van der Waals surface area contributed by atoms with Crippen LogP contribution in [0.2, 0.25) is 0 Å². The van der Waals surface area contributed by atoms with E-state index in [1.54, 1.807) is 0 Å². The van der Waals surface area contributed by atoms with E-state index in [9.17, 15) is 9.18 Å². The van der Waals surface area contributed by atoms with Gasteiger partial charge in [0.1, 0.15) is 10.8 Å². The van der Waals surface area contributed by atoms with Crippen LogP contribution in [0.5, 0.6) is 0 Å². The summed E-state index contributed by atoms with van der Waals surface area (Å²) in [5.74, 6) is -0.725. The monoisotopic (exact) mass is 212 g/mol. The molecule has 1 rings (SSSR count). The molecule has 0 fully saturated rings. The Bertz CT molecular complexity index is 392. The summed E-state index contributed by atoms with van der Waals surface area (Å²) < 4.78 is 13.1. The fourth-order valence-electron chi connectivity index (χ4n) is 0.995. The lowest BCUT2D eigenvalue weighted by Gasteiger charge is -2.05. The van der Waals surface area contributed by atoms with Crippen LogP contribution >= 0.6 is 12.2 Å². The summed E-state index contributed by atoms with van der Waals surface area (Å²) >= 11 is 4.65. The minimum Gasteiger partial charge on any atom is -0.389 e. The predicted octanol–water partition coefficient (Wildman–Crippen LogP) is 1.42. The summed E-state index contributed by atoms with van der Waals surface area (Å²) in [6.45, 7) is 1.36. The van der Waals surface area contributed by atoms with Crippen LogP contribution in [-0.4, -0.2) is 10.9 Å². The Morgan fingerprint density at radius 1 is 1.57 bits per heavy atom. The Kier molecular flexibility index (Phi) is 3.14. The SMILES string of the molecule is CC(=O)Nc1ccc(F)c(C(N)=S)c1. The Balaban J connectivity index is 3.06. The van der Waals surface area contributed by atoms with Crippen LogP contribution in [0, 0.1) is 5.82 Å². The Hall–Kier alpha value is -1.49. The van der Waals surface area contributed by atoms with E-state index in [0.29, 0.717) is 5.69 Å². The molecule has 0 aliphatic rings.